The SMILES string of the molecule is CCC(CO)N1CCN(C(=O)c2cc3cccc(OC)c3o2)CC1. The lowest BCUT2D eigenvalue weighted by molar-refractivity contribution is 0.0451. The van der Waals surface area contributed by atoms with Gasteiger partial charge in [-0.05, 0) is 18.6 Å². The van der Waals surface area contributed by atoms with E-state index >= 15 is 0 Å². The topological polar surface area (TPSA) is 66.2 Å². The first-order chi connectivity index (χ1) is 11.7. The highest BCUT2D eigenvalue weighted by molar-refractivity contribution is 5.97. The maximum absolute atomic E-state index is 12.7. The molecule has 1 unspecified atom stereocenters. The second kappa shape index (κ2) is 7.23. The molecule has 1 aliphatic rings. The molecule has 0 spiro atoms. The molecule has 0 bridgehead atoms. The van der Waals surface area contributed by atoms with Gasteiger partial charge in [-0.15, -0.1) is 0 Å². The molecule has 2 aromatic rings. The summed E-state index contributed by atoms with van der Waals surface area (Å²) in [4.78, 5) is 16.8. The van der Waals surface area contributed by atoms with Crippen LogP contribution < -0.4 is 4.74 Å². The Hall–Kier alpha value is -2.05. The summed E-state index contributed by atoms with van der Waals surface area (Å²) >= 11 is 0. The number of carbonyl (C=O) groups excluding carboxylic acids is 1. The van der Waals surface area contributed by atoms with Gasteiger partial charge in [-0.3, -0.25) is 9.69 Å². The van der Waals surface area contributed by atoms with Gasteiger partial charge in [0, 0.05) is 37.6 Å². The van der Waals surface area contributed by atoms with E-state index in [0.717, 1.165) is 24.9 Å². The quantitative estimate of drug-likeness (QED) is 0.907. The number of methoxy groups -OCH3 is 1. The van der Waals surface area contributed by atoms with Crippen molar-refractivity contribution < 1.29 is 19.1 Å². The third-order valence-electron chi connectivity index (χ3n) is 4.74. The van der Waals surface area contributed by atoms with Gasteiger partial charge in [-0.1, -0.05) is 19.1 Å². The molecule has 1 aromatic carbocycles. The van der Waals surface area contributed by atoms with Crippen LogP contribution in [0.1, 0.15) is 23.9 Å². The zero-order chi connectivity index (χ0) is 17.1. The minimum atomic E-state index is -0.0926. The van der Waals surface area contributed by atoms with Gasteiger partial charge in [-0.2, -0.15) is 0 Å². The lowest BCUT2D eigenvalue weighted by Crippen LogP contribution is -2.52. The van der Waals surface area contributed by atoms with Gasteiger partial charge in [0.15, 0.2) is 17.1 Å². The van der Waals surface area contributed by atoms with Crippen LogP contribution in [0.15, 0.2) is 28.7 Å². The Morgan fingerprint density at radius 1 is 1.33 bits per heavy atom. The number of benzene rings is 1. The fraction of sp³-hybridized carbons (Fsp3) is 0.500. The number of aliphatic hydroxyl groups excluding tert-OH is 1. The van der Waals surface area contributed by atoms with Crippen LogP contribution in [-0.4, -0.2) is 66.8 Å². The summed E-state index contributed by atoms with van der Waals surface area (Å²) in [6.07, 6.45) is 0.911. The maximum atomic E-state index is 12.7. The highest BCUT2D eigenvalue weighted by atomic mass is 16.5. The van der Waals surface area contributed by atoms with E-state index in [1.165, 1.54) is 0 Å². The van der Waals surface area contributed by atoms with Crippen molar-refractivity contribution in [1.29, 1.82) is 0 Å². The Morgan fingerprint density at radius 3 is 2.71 bits per heavy atom. The van der Waals surface area contributed by atoms with E-state index < -0.39 is 0 Å². The highest BCUT2D eigenvalue weighted by Crippen LogP contribution is 2.29. The number of carbonyl (C=O) groups is 1. The van der Waals surface area contributed by atoms with Crippen molar-refractivity contribution in [2.45, 2.75) is 19.4 Å². The third kappa shape index (κ3) is 3.12. The first kappa shape index (κ1) is 16.8. The molecule has 1 aliphatic heterocycles. The number of hydrogen-bond donors (Lipinski definition) is 1. The molecule has 1 amide bonds. The zero-order valence-corrected chi connectivity index (χ0v) is 14.2. The number of para-hydroxylation sites is 1. The Morgan fingerprint density at radius 2 is 2.08 bits per heavy atom. The normalized spacial score (nSPS) is 17.2. The van der Waals surface area contributed by atoms with Gasteiger partial charge >= 0.3 is 0 Å². The van der Waals surface area contributed by atoms with E-state index in [2.05, 4.69) is 11.8 Å². The van der Waals surface area contributed by atoms with Crippen LogP contribution in [0.4, 0.5) is 0 Å². The van der Waals surface area contributed by atoms with Crippen LogP contribution in [0, 0.1) is 0 Å². The van der Waals surface area contributed by atoms with Crippen LogP contribution >= 0.6 is 0 Å². The molecule has 1 aromatic heterocycles. The Bertz CT molecular complexity index is 700. The summed E-state index contributed by atoms with van der Waals surface area (Å²) in [6, 6.07) is 7.55. The van der Waals surface area contributed by atoms with Crippen molar-refractivity contribution in [3.63, 3.8) is 0 Å². The number of ether oxygens (including phenoxy) is 1. The summed E-state index contributed by atoms with van der Waals surface area (Å²) in [5.41, 5.74) is 0.605. The van der Waals surface area contributed by atoms with Crippen LogP contribution in [0.2, 0.25) is 0 Å². The fourth-order valence-corrected chi connectivity index (χ4v) is 3.25. The van der Waals surface area contributed by atoms with Crippen LogP contribution in [0.25, 0.3) is 11.0 Å². The van der Waals surface area contributed by atoms with Crippen LogP contribution in [0.3, 0.4) is 0 Å². The lowest BCUT2D eigenvalue weighted by atomic mass is 10.1. The molecule has 6 heteroatoms. The molecular formula is C18H24N2O4. The molecular weight excluding hydrogens is 308 g/mol. The average molecular weight is 332 g/mol. The number of rotatable bonds is 5. The summed E-state index contributed by atoms with van der Waals surface area (Å²) in [6.45, 7) is 5.06. The lowest BCUT2D eigenvalue weighted by Gasteiger charge is -2.38. The number of furan rings is 1. The summed E-state index contributed by atoms with van der Waals surface area (Å²) < 4.78 is 11.0. The largest absolute Gasteiger partial charge is 0.493 e. The molecule has 0 radical (unpaired) electrons. The molecule has 1 N–H and O–H groups in total. The van der Waals surface area contributed by atoms with Crippen LogP contribution in [0.5, 0.6) is 5.75 Å². The predicted molar refractivity (Wildman–Crippen MR) is 91.4 cm³/mol. The molecule has 1 saturated heterocycles. The fourth-order valence-electron chi connectivity index (χ4n) is 3.25. The molecule has 130 valence electrons. The van der Waals surface area contributed by atoms with E-state index in [1.807, 2.05) is 23.1 Å². The van der Waals surface area contributed by atoms with E-state index in [4.69, 9.17) is 9.15 Å². The van der Waals surface area contributed by atoms with Crippen molar-refractivity contribution in [2.75, 3.05) is 39.9 Å². The van der Waals surface area contributed by atoms with Gasteiger partial charge in [0.2, 0.25) is 0 Å². The molecule has 1 atom stereocenters. The van der Waals surface area contributed by atoms with Gasteiger partial charge in [0.05, 0.1) is 13.7 Å². The number of aliphatic hydroxyl groups is 1. The van der Waals surface area contributed by atoms with E-state index in [9.17, 15) is 9.90 Å². The summed E-state index contributed by atoms with van der Waals surface area (Å²) in [5, 5.41) is 10.3. The summed E-state index contributed by atoms with van der Waals surface area (Å²) in [5.74, 6) is 0.882. The van der Waals surface area contributed by atoms with E-state index in [-0.39, 0.29) is 18.6 Å². The number of hydrogen-bond acceptors (Lipinski definition) is 5. The molecule has 1 fully saturated rings. The Kier molecular flexibility index (Phi) is 5.06. The van der Waals surface area contributed by atoms with Gasteiger partial charge in [0.25, 0.3) is 5.91 Å². The third-order valence-corrected chi connectivity index (χ3v) is 4.74. The summed E-state index contributed by atoms with van der Waals surface area (Å²) in [7, 11) is 1.59. The first-order valence-electron chi connectivity index (χ1n) is 8.38. The van der Waals surface area contributed by atoms with Gasteiger partial charge in [0.1, 0.15) is 0 Å². The van der Waals surface area contributed by atoms with Crippen molar-refractivity contribution >= 4 is 16.9 Å². The Labute approximate surface area is 141 Å². The molecule has 3 rings (SSSR count). The van der Waals surface area contributed by atoms with Crippen LogP contribution in [-0.2, 0) is 0 Å². The second-order valence-corrected chi connectivity index (χ2v) is 6.06. The number of amides is 1. The monoisotopic (exact) mass is 332 g/mol. The average Bonchev–Trinajstić information content (AvgIpc) is 3.07. The molecule has 0 saturated carbocycles. The van der Waals surface area contributed by atoms with Crippen molar-refractivity contribution in [3.05, 3.63) is 30.0 Å². The highest BCUT2D eigenvalue weighted by Gasteiger charge is 2.27. The molecule has 2 heterocycles. The number of nitrogens with zero attached hydrogens (tertiary/aromatic N) is 2. The predicted octanol–water partition coefficient (Wildman–Crippen LogP) is 1.97. The smallest absolute Gasteiger partial charge is 0.289 e. The minimum Gasteiger partial charge on any atom is -0.493 e. The molecule has 0 aliphatic carbocycles. The number of fused-ring (bicyclic) bond motifs is 1. The molecule has 6 nitrogen and oxygen atoms in total. The van der Waals surface area contributed by atoms with Gasteiger partial charge in [-0.25, -0.2) is 0 Å². The second-order valence-electron chi connectivity index (χ2n) is 6.06. The first-order valence-corrected chi connectivity index (χ1v) is 8.38. The minimum absolute atomic E-state index is 0.0926. The van der Waals surface area contributed by atoms with E-state index in [0.29, 0.717) is 30.2 Å². The standard InChI is InChI=1S/C18H24N2O4/c1-3-14(12-21)19-7-9-20(10-8-19)18(22)16-11-13-5-4-6-15(23-2)17(13)24-16/h4-6,11,14,21H,3,7-10,12H2,1-2H3. The van der Waals surface area contributed by atoms with Crippen molar-refractivity contribution in [2.24, 2.45) is 0 Å². The number of piperazine rings is 1. The Balaban J connectivity index is 1.72. The van der Waals surface area contributed by atoms with Crippen molar-refractivity contribution in [3.8, 4) is 5.75 Å². The maximum Gasteiger partial charge on any atom is 0.289 e. The van der Waals surface area contributed by atoms with Gasteiger partial charge < -0.3 is 19.2 Å². The van der Waals surface area contributed by atoms with Crippen molar-refractivity contribution in [1.82, 2.24) is 9.80 Å². The molecule has 24 heavy (non-hydrogen) atoms. The van der Waals surface area contributed by atoms with E-state index in [1.54, 1.807) is 13.2 Å². The zero-order valence-electron chi connectivity index (χ0n) is 14.2.